The molecule has 26 heavy (non-hydrogen) atoms. The molecule has 2 fully saturated rings. The summed E-state index contributed by atoms with van der Waals surface area (Å²) in [7, 11) is -3.53. The Morgan fingerprint density at radius 2 is 2.00 bits per heavy atom. The van der Waals surface area contributed by atoms with E-state index in [1.54, 1.807) is 29.3 Å². The molecule has 0 spiro atoms. The smallest absolute Gasteiger partial charge is 0.274 e. The summed E-state index contributed by atoms with van der Waals surface area (Å²) >= 11 is 0. The Morgan fingerprint density at radius 3 is 2.73 bits per heavy atom. The Labute approximate surface area is 152 Å². The van der Waals surface area contributed by atoms with Gasteiger partial charge in [0.15, 0.2) is 5.69 Å². The van der Waals surface area contributed by atoms with Crippen molar-refractivity contribution in [3.63, 3.8) is 0 Å². The van der Waals surface area contributed by atoms with E-state index in [1.807, 2.05) is 0 Å². The molecule has 2 aliphatic rings. The zero-order chi connectivity index (χ0) is 18.3. The quantitative estimate of drug-likeness (QED) is 0.801. The van der Waals surface area contributed by atoms with Crippen molar-refractivity contribution in [2.45, 2.75) is 17.6 Å². The van der Waals surface area contributed by atoms with Crippen LogP contribution in [0.25, 0.3) is 5.52 Å². The number of hydrogen-bond donors (Lipinski definition) is 1. The molecule has 140 valence electrons. The Balaban J connectivity index is 1.61. The molecule has 1 atom stereocenters. The van der Waals surface area contributed by atoms with Gasteiger partial charge in [0.1, 0.15) is 0 Å². The first kappa shape index (κ1) is 17.4. The average molecular weight is 377 g/mol. The van der Waals surface area contributed by atoms with Gasteiger partial charge in [-0.3, -0.25) is 14.1 Å². The molecule has 1 amide bonds. The fourth-order valence-corrected chi connectivity index (χ4v) is 4.62. The first-order valence-electron chi connectivity index (χ1n) is 8.86. The van der Waals surface area contributed by atoms with Gasteiger partial charge in [-0.15, -0.1) is 0 Å². The van der Waals surface area contributed by atoms with Crippen molar-refractivity contribution in [1.29, 1.82) is 0 Å². The summed E-state index contributed by atoms with van der Waals surface area (Å²) in [6.07, 6.45) is 3.68. The first-order chi connectivity index (χ1) is 12.4. The van der Waals surface area contributed by atoms with E-state index in [0.717, 1.165) is 38.9 Å². The number of sulfone groups is 1. The minimum absolute atomic E-state index is 0.0886. The highest BCUT2D eigenvalue weighted by molar-refractivity contribution is 7.90. The van der Waals surface area contributed by atoms with E-state index in [0.29, 0.717) is 24.6 Å². The number of pyridine rings is 1. The third-order valence-electron chi connectivity index (χ3n) is 5.17. The van der Waals surface area contributed by atoms with Gasteiger partial charge in [0.25, 0.3) is 5.91 Å². The van der Waals surface area contributed by atoms with Gasteiger partial charge < -0.3 is 10.2 Å². The lowest BCUT2D eigenvalue weighted by atomic mass is 10.2. The maximum absolute atomic E-state index is 13.1. The highest BCUT2D eigenvalue weighted by Gasteiger charge is 2.33. The second kappa shape index (κ2) is 6.64. The summed E-state index contributed by atoms with van der Waals surface area (Å²) < 4.78 is 25.6. The Morgan fingerprint density at radius 1 is 1.23 bits per heavy atom. The van der Waals surface area contributed by atoms with Crippen molar-refractivity contribution < 1.29 is 13.2 Å². The van der Waals surface area contributed by atoms with Crippen LogP contribution in [-0.4, -0.2) is 85.1 Å². The summed E-state index contributed by atoms with van der Waals surface area (Å²) in [5.41, 5.74) is 0.746. The van der Waals surface area contributed by atoms with Crippen molar-refractivity contribution >= 4 is 21.3 Å². The van der Waals surface area contributed by atoms with Gasteiger partial charge in [-0.25, -0.2) is 13.4 Å². The highest BCUT2D eigenvalue weighted by atomic mass is 32.2. The van der Waals surface area contributed by atoms with Crippen LogP contribution in [-0.2, 0) is 9.84 Å². The van der Waals surface area contributed by atoms with Gasteiger partial charge >= 0.3 is 0 Å². The minimum atomic E-state index is -3.53. The number of amides is 1. The molecule has 0 saturated carbocycles. The van der Waals surface area contributed by atoms with Crippen molar-refractivity contribution in [1.82, 2.24) is 24.5 Å². The SMILES string of the molecule is CS(=O)(=O)c1nc(C(=O)N2CCC(N3CCNCC3)C2)c2ccccn12. The number of likely N-dealkylation sites (tertiary alicyclic amines) is 1. The second-order valence-electron chi connectivity index (χ2n) is 6.95. The number of hydrogen-bond acceptors (Lipinski definition) is 6. The van der Waals surface area contributed by atoms with Crippen LogP contribution >= 0.6 is 0 Å². The third kappa shape index (κ3) is 3.10. The molecular weight excluding hydrogens is 354 g/mol. The number of carbonyl (C=O) groups excluding carboxylic acids is 1. The van der Waals surface area contributed by atoms with E-state index < -0.39 is 9.84 Å². The number of aromatic nitrogens is 2. The predicted octanol–water partition coefficient (Wildman–Crippen LogP) is -0.142. The molecule has 0 radical (unpaired) electrons. The van der Waals surface area contributed by atoms with Crippen LogP contribution in [0, 0.1) is 0 Å². The van der Waals surface area contributed by atoms with Gasteiger partial charge in [-0.1, -0.05) is 6.07 Å². The largest absolute Gasteiger partial charge is 0.336 e. The van der Waals surface area contributed by atoms with Crippen LogP contribution in [0.4, 0.5) is 0 Å². The minimum Gasteiger partial charge on any atom is -0.336 e. The number of rotatable bonds is 3. The van der Waals surface area contributed by atoms with Gasteiger partial charge in [0.05, 0.1) is 5.52 Å². The number of piperazine rings is 1. The average Bonchev–Trinajstić information content (AvgIpc) is 3.27. The molecule has 4 rings (SSSR count). The fraction of sp³-hybridized carbons (Fsp3) is 0.529. The van der Waals surface area contributed by atoms with Crippen LogP contribution in [0.2, 0.25) is 0 Å². The van der Waals surface area contributed by atoms with E-state index in [2.05, 4.69) is 15.2 Å². The summed E-state index contributed by atoms with van der Waals surface area (Å²) in [6, 6.07) is 5.62. The second-order valence-corrected chi connectivity index (χ2v) is 8.86. The molecule has 0 aliphatic carbocycles. The predicted molar refractivity (Wildman–Crippen MR) is 97.1 cm³/mol. The molecular formula is C17H23N5O3S. The Kier molecular flexibility index (Phi) is 4.45. The van der Waals surface area contributed by atoms with E-state index in [-0.39, 0.29) is 16.8 Å². The molecule has 4 heterocycles. The lowest BCUT2D eigenvalue weighted by molar-refractivity contribution is 0.0770. The Bertz CT molecular complexity index is 933. The first-order valence-corrected chi connectivity index (χ1v) is 10.8. The van der Waals surface area contributed by atoms with Crippen molar-refractivity contribution in [2.75, 3.05) is 45.5 Å². The highest BCUT2D eigenvalue weighted by Crippen LogP contribution is 2.22. The number of fused-ring (bicyclic) bond motifs is 1. The maximum Gasteiger partial charge on any atom is 0.274 e. The summed E-state index contributed by atoms with van der Waals surface area (Å²) in [4.78, 5) is 21.5. The molecule has 0 aromatic carbocycles. The number of carbonyl (C=O) groups is 1. The summed E-state index contributed by atoms with van der Waals surface area (Å²) in [5.74, 6) is -0.193. The summed E-state index contributed by atoms with van der Waals surface area (Å²) in [6.45, 7) is 5.30. The normalized spacial score (nSPS) is 22.2. The van der Waals surface area contributed by atoms with Crippen LogP contribution in [0.1, 0.15) is 16.9 Å². The van der Waals surface area contributed by atoms with Gasteiger partial charge in [-0.2, -0.15) is 0 Å². The van der Waals surface area contributed by atoms with Crippen LogP contribution in [0.15, 0.2) is 29.6 Å². The van der Waals surface area contributed by atoms with E-state index in [1.165, 1.54) is 4.40 Å². The number of nitrogens with zero attached hydrogens (tertiary/aromatic N) is 4. The standard InChI is InChI=1S/C17H23N5O3S/c1-26(24,25)17-19-15(14-4-2-3-8-22(14)17)16(23)21-9-5-13(12-21)20-10-6-18-7-11-20/h2-4,8,13,18H,5-7,9-12H2,1H3. The van der Waals surface area contributed by atoms with Crippen molar-refractivity contribution in [2.24, 2.45) is 0 Å². The van der Waals surface area contributed by atoms with Gasteiger partial charge in [0.2, 0.25) is 15.0 Å². The molecule has 1 N–H and O–H groups in total. The number of imidazole rings is 1. The third-order valence-corrected chi connectivity index (χ3v) is 6.12. The summed E-state index contributed by atoms with van der Waals surface area (Å²) in [5, 5.41) is 3.25. The molecule has 1 unspecified atom stereocenters. The number of nitrogens with one attached hydrogen (secondary N) is 1. The lowest BCUT2D eigenvalue weighted by Crippen LogP contribution is -2.49. The molecule has 2 aromatic heterocycles. The zero-order valence-corrected chi connectivity index (χ0v) is 15.6. The van der Waals surface area contributed by atoms with Crippen LogP contribution in [0.5, 0.6) is 0 Å². The van der Waals surface area contributed by atoms with E-state index in [4.69, 9.17) is 0 Å². The van der Waals surface area contributed by atoms with Crippen LogP contribution < -0.4 is 5.32 Å². The van der Waals surface area contributed by atoms with Gasteiger partial charge in [0, 0.05) is 57.8 Å². The molecule has 2 saturated heterocycles. The van der Waals surface area contributed by atoms with Crippen LogP contribution in [0.3, 0.4) is 0 Å². The monoisotopic (exact) mass is 377 g/mol. The van der Waals surface area contributed by atoms with Crippen molar-refractivity contribution in [3.05, 3.63) is 30.1 Å². The topological polar surface area (TPSA) is 87.0 Å². The van der Waals surface area contributed by atoms with E-state index in [9.17, 15) is 13.2 Å². The fourth-order valence-electron chi connectivity index (χ4n) is 3.85. The molecule has 9 heteroatoms. The Hall–Kier alpha value is -1.97. The molecule has 8 nitrogen and oxygen atoms in total. The van der Waals surface area contributed by atoms with Crippen molar-refractivity contribution in [3.8, 4) is 0 Å². The molecule has 0 bridgehead atoms. The van der Waals surface area contributed by atoms with E-state index >= 15 is 0 Å². The molecule has 2 aliphatic heterocycles. The lowest BCUT2D eigenvalue weighted by Gasteiger charge is -2.32. The molecule has 2 aromatic rings. The van der Waals surface area contributed by atoms with Gasteiger partial charge in [-0.05, 0) is 18.6 Å². The zero-order valence-electron chi connectivity index (χ0n) is 14.8. The maximum atomic E-state index is 13.1.